The Balaban J connectivity index is 2.00. The molecule has 0 spiro atoms. The van der Waals surface area contributed by atoms with Gasteiger partial charge in [0.2, 0.25) is 0 Å². The van der Waals surface area contributed by atoms with Crippen molar-refractivity contribution in [3.8, 4) is 5.75 Å². The van der Waals surface area contributed by atoms with E-state index in [2.05, 4.69) is 17.2 Å². The number of nitrogens with one attached hydrogen (secondary N) is 1. The Kier molecular flexibility index (Phi) is 5.26. The van der Waals surface area contributed by atoms with E-state index in [1.165, 1.54) is 0 Å². The number of ether oxygens (including phenoxy) is 1. The maximum Gasteiger partial charge on any atom is 0.182 e. The second-order valence-corrected chi connectivity index (χ2v) is 6.27. The molecule has 3 nitrogen and oxygen atoms in total. The Morgan fingerprint density at radius 3 is 2.65 bits per heavy atom. The minimum atomic E-state index is 0.536. The van der Waals surface area contributed by atoms with Crippen LogP contribution in [0, 0.1) is 13.8 Å². The van der Waals surface area contributed by atoms with Gasteiger partial charge in [0.1, 0.15) is 12.4 Å². The third-order valence-electron chi connectivity index (χ3n) is 2.86. The fraction of sp³-hybridized carbons (Fsp3) is 0.400. The third-order valence-corrected chi connectivity index (χ3v) is 4.01. The Morgan fingerprint density at radius 1 is 1.30 bits per heavy atom. The lowest BCUT2D eigenvalue weighted by Gasteiger charge is -2.11. The van der Waals surface area contributed by atoms with Crippen molar-refractivity contribution < 1.29 is 4.74 Å². The van der Waals surface area contributed by atoms with Crippen LogP contribution in [-0.2, 0) is 6.61 Å². The molecule has 20 heavy (non-hydrogen) atoms. The molecule has 1 aromatic heterocycles. The summed E-state index contributed by atoms with van der Waals surface area (Å²) in [6.07, 6.45) is 2.96. The molecule has 0 atom stereocenters. The molecule has 1 heterocycles. The molecular weight excluding hydrogens is 292 g/mol. The van der Waals surface area contributed by atoms with Gasteiger partial charge >= 0.3 is 0 Å². The highest BCUT2D eigenvalue weighted by Crippen LogP contribution is 2.28. The maximum absolute atomic E-state index is 6.02. The highest BCUT2D eigenvalue weighted by Gasteiger charge is 2.08. The molecule has 0 amide bonds. The van der Waals surface area contributed by atoms with E-state index < -0.39 is 0 Å². The summed E-state index contributed by atoms with van der Waals surface area (Å²) in [5.74, 6) is 0.908. The van der Waals surface area contributed by atoms with Gasteiger partial charge in [-0.25, -0.2) is 4.98 Å². The summed E-state index contributed by atoms with van der Waals surface area (Å²) in [5, 5.41) is 4.98. The first kappa shape index (κ1) is 15.1. The number of hydrogen-bond acceptors (Lipinski definition) is 4. The number of anilines is 1. The SMILES string of the molecule is CCCNc1ncc(COc2c(C)cc(Cl)cc2C)s1. The van der Waals surface area contributed by atoms with Crippen LogP contribution in [0.3, 0.4) is 0 Å². The molecule has 108 valence electrons. The van der Waals surface area contributed by atoms with E-state index >= 15 is 0 Å². The highest BCUT2D eigenvalue weighted by molar-refractivity contribution is 7.15. The first-order valence-corrected chi connectivity index (χ1v) is 7.87. The second-order valence-electron chi connectivity index (χ2n) is 4.72. The topological polar surface area (TPSA) is 34.2 Å². The molecule has 0 saturated carbocycles. The lowest BCUT2D eigenvalue weighted by atomic mass is 10.1. The lowest BCUT2D eigenvalue weighted by Crippen LogP contribution is -1.98. The lowest BCUT2D eigenvalue weighted by molar-refractivity contribution is 0.305. The van der Waals surface area contributed by atoms with E-state index in [4.69, 9.17) is 16.3 Å². The maximum atomic E-state index is 6.02. The summed E-state index contributed by atoms with van der Waals surface area (Å²) in [5.41, 5.74) is 2.12. The van der Waals surface area contributed by atoms with Gasteiger partial charge in [-0.3, -0.25) is 0 Å². The zero-order valence-corrected chi connectivity index (χ0v) is 13.6. The van der Waals surface area contributed by atoms with E-state index in [-0.39, 0.29) is 0 Å². The summed E-state index contributed by atoms with van der Waals surface area (Å²) in [6.45, 7) is 7.64. The molecule has 2 rings (SSSR count). The van der Waals surface area contributed by atoms with E-state index in [9.17, 15) is 0 Å². The number of aromatic nitrogens is 1. The molecule has 5 heteroatoms. The van der Waals surface area contributed by atoms with Crippen molar-refractivity contribution in [1.29, 1.82) is 0 Å². The van der Waals surface area contributed by atoms with Crippen LogP contribution in [0.1, 0.15) is 29.3 Å². The van der Waals surface area contributed by atoms with E-state index in [1.54, 1.807) is 11.3 Å². The van der Waals surface area contributed by atoms with Crippen molar-refractivity contribution in [2.45, 2.75) is 33.8 Å². The molecular formula is C15H19ClN2OS. The monoisotopic (exact) mass is 310 g/mol. The van der Waals surface area contributed by atoms with Gasteiger partial charge in [-0.05, 0) is 43.5 Å². The van der Waals surface area contributed by atoms with Crippen molar-refractivity contribution in [2.75, 3.05) is 11.9 Å². The van der Waals surface area contributed by atoms with Crippen LogP contribution in [0.25, 0.3) is 0 Å². The summed E-state index contributed by atoms with van der Waals surface area (Å²) < 4.78 is 5.91. The zero-order chi connectivity index (χ0) is 14.5. The summed E-state index contributed by atoms with van der Waals surface area (Å²) in [4.78, 5) is 5.44. The highest BCUT2D eigenvalue weighted by atomic mass is 35.5. The van der Waals surface area contributed by atoms with E-state index in [0.717, 1.165) is 44.9 Å². The van der Waals surface area contributed by atoms with E-state index in [0.29, 0.717) is 6.61 Å². The number of hydrogen-bond donors (Lipinski definition) is 1. The van der Waals surface area contributed by atoms with E-state index in [1.807, 2.05) is 32.2 Å². The molecule has 0 fully saturated rings. The fourth-order valence-electron chi connectivity index (χ4n) is 1.96. The number of halogens is 1. The average Bonchev–Trinajstić information content (AvgIpc) is 2.83. The number of aryl methyl sites for hydroxylation is 2. The molecule has 0 aliphatic carbocycles. The normalized spacial score (nSPS) is 10.6. The molecule has 2 aromatic rings. The van der Waals surface area contributed by atoms with Crippen LogP contribution in [0.4, 0.5) is 5.13 Å². The Hall–Kier alpha value is -1.26. The van der Waals surface area contributed by atoms with Gasteiger partial charge in [0, 0.05) is 17.8 Å². The Bertz CT molecular complexity index is 560. The van der Waals surface area contributed by atoms with Crippen LogP contribution in [-0.4, -0.2) is 11.5 Å². The number of benzene rings is 1. The summed E-state index contributed by atoms with van der Waals surface area (Å²) in [6, 6.07) is 3.84. The van der Waals surface area contributed by atoms with Crippen LogP contribution in [0.2, 0.25) is 5.02 Å². The largest absolute Gasteiger partial charge is 0.487 e. The van der Waals surface area contributed by atoms with Crippen molar-refractivity contribution in [3.05, 3.63) is 39.4 Å². The molecule has 0 aliphatic rings. The first-order chi connectivity index (χ1) is 9.60. The van der Waals surface area contributed by atoms with Crippen LogP contribution in [0.5, 0.6) is 5.75 Å². The van der Waals surface area contributed by atoms with Gasteiger partial charge in [0.05, 0.1) is 4.88 Å². The second kappa shape index (κ2) is 6.95. The molecule has 1 aromatic carbocycles. The average molecular weight is 311 g/mol. The summed E-state index contributed by atoms with van der Waals surface area (Å²) >= 11 is 7.65. The van der Waals surface area contributed by atoms with Crippen molar-refractivity contribution in [3.63, 3.8) is 0 Å². The molecule has 0 radical (unpaired) electrons. The van der Waals surface area contributed by atoms with Crippen LogP contribution in [0.15, 0.2) is 18.3 Å². The van der Waals surface area contributed by atoms with Crippen molar-refractivity contribution in [1.82, 2.24) is 4.98 Å². The quantitative estimate of drug-likeness (QED) is 0.831. The van der Waals surface area contributed by atoms with Gasteiger partial charge in [-0.1, -0.05) is 29.9 Å². The predicted molar refractivity (Wildman–Crippen MR) is 86.2 cm³/mol. The summed E-state index contributed by atoms with van der Waals surface area (Å²) in [7, 11) is 0. The minimum absolute atomic E-state index is 0.536. The standard InChI is InChI=1S/C15H19ClN2OS/c1-4-5-17-15-18-8-13(20-15)9-19-14-10(2)6-12(16)7-11(14)3/h6-8H,4-5,9H2,1-3H3,(H,17,18). The smallest absolute Gasteiger partial charge is 0.182 e. The van der Waals surface area contributed by atoms with Gasteiger partial charge in [-0.15, -0.1) is 0 Å². The van der Waals surface area contributed by atoms with Crippen molar-refractivity contribution in [2.24, 2.45) is 0 Å². The van der Waals surface area contributed by atoms with Crippen LogP contribution < -0.4 is 10.1 Å². The van der Waals surface area contributed by atoms with Crippen LogP contribution >= 0.6 is 22.9 Å². The molecule has 1 N–H and O–H groups in total. The third kappa shape index (κ3) is 3.87. The fourth-order valence-corrected chi connectivity index (χ4v) is 3.03. The number of nitrogens with zero attached hydrogens (tertiary/aromatic N) is 1. The van der Waals surface area contributed by atoms with Crippen molar-refractivity contribution >= 4 is 28.1 Å². The number of thiazole rings is 1. The molecule has 0 saturated heterocycles. The van der Waals surface area contributed by atoms with Gasteiger partial charge in [0.15, 0.2) is 5.13 Å². The molecule has 0 unspecified atom stereocenters. The number of rotatable bonds is 6. The molecule has 0 bridgehead atoms. The Labute approximate surface area is 129 Å². The van der Waals surface area contributed by atoms with Gasteiger partial charge in [-0.2, -0.15) is 0 Å². The van der Waals surface area contributed by atoms with Gasteiger partial charge < -0.3 is 10.1 Å². The first-order valence-electron chi connectivity index (χ1n) is 6.68. The zero-order valence-electron chi connectivity index (χ0n) is 12.0. The van der Waals surface area contributed by atoms with Gasteiger partial charge in [0.25, 0.3) is 0 Å². The Morgan fingerprint density at radius 2 is 2.00 bits per heavy atom. The minimum Gasteiger partial charge on any atom is -0.487 e. The molecule has 0 aliphatic heterocycles. The predicted octanol–water partition coefficient (Wildman–Crippen LogP) is 4.81.